The van der Waals surface area contributed by atoms with Crippen molar-refractivity contribution >= 4 is 5.78 Å². The van der Waals surface area contributed by atoms with E-state index in [-0.39, 0.29) is 12.2 Å². The van der Waals surface area contributed by atoms with Crippen LogP contribution in [0.5, 0.6) is 0 Å². The number of Topliss-reactive ketones (excluding diaryl/α,β-unsaturated/α-hetero) is 1. The Morgan fingerprint density at radius 2 is 1.85 bits per heavy atom. The molecule has 2 N–H and O–H groups in total. The zero-order valence-electron chi connectivity index (χ0n) is 7.40. The van der Waals surface area contributed by atoms with Crippen LogP contribution in [-0.2, 0) is 10.6 Å². The van der Waals surface area contributed by atoms with Gasteiger partial charge in [-0.05, 0) is 6.92 Å². The minimum atomic E-state index is -2.03. The fraction of sp³-hybridized carbons (Fsp3) is 0.300. The van der Waals surface area contributed by atoms with Gasteiger partial charge in [0, 0.05) is 5.56 Å². The van der Waals surface area contributed by atoms with Gasteiger partial charge in [0.05, 0.1) is 6.42 Å². The van der Waals surface area contributed by atoms with Crippen LogP contribution in [0.4, 0.5) is 0 Å². The molecule has 13 heavy (non-hydrogen) atoms. The number of carbonyl (C=O) groups is 1. The molecule has 0 saturated heterocycles. The minimum Gasteiger partial charge on any atom is -0.362 e. The molecule has 0 aromatic heterocycles. The van der Waals surface area contributed by atoms with Crippen molar-refractivity contribution in [2.45, 2.75) is 19.1 Å². The summed E-state index contributed by atoms with van der Waals surface area (Å²) in [5, 5.41) is 19.0. The molecule has 0 unspecified atom stereocenters. The van der Waals surface area contributed by atoms with Gasteiger partial charge in [-0.2, -0.15) is 0 Å². The molecule has 70 valence electrons. The Bertz CT molecular complexity index is 290. The van der Waals surface area contributed by atoms with Gasteiger partial charge in [0.25, 0.3) is 0 Å². The lowest BCUT2D eigenvalue weighted by Crippen LogP contribution is -2.27. The summed E-state index contributed by atoms with van der Waals surface area (Å²) in [6, 6.07) is 8.30. The maximum absolute atomic E-state index is 10.7. The molecule has 0 aliphatic heterocycles. The molecule has 0 amide bonds. The van der Waals surface area contributed by atoms with E-state index in [0.717, 1.165) is 0 Å². The Balaban J connectivity index is 2.87. The van der Waals surface area contributed by atoms with Gasteiger partial charge < -0.3 is 10.2 Å². The Labute approximate surface area is 76.6 Å². The highest BCUT2D eigenvalue weighted by Crippen LogP contribution is 2.21. The molecule has 0 aliphatic rings. The predicted octanol–water partition coefficient (Wildman–Crippen LogP) is 0.803. The second-order valence-electron chi connectivity index (χ2n) is 3.06. The van der Waals surface area contributed by atoms with E-state index >= 15 is 0 Å². The lowest BCUT2D eigenvalue weighted by molar-refractivity contribution is -0.177. The summed E-state index contributed by atoms with van der Waals surface area (Å²) >= 11 is 0. The average molecular weight is 180 g/mol. The smallest absolute Gasteiger partial charge is 0.196 e. The summed E-state index contributed by atoms with van der Waals surface area (Å²) in [6.45, 7) is 1.32. The molecule has 1 rings (SSSR count). The summed E-state index contributed by atoms with van der Waals surface area (Å²) in [4.78, 5) is 10.7. The second kappa shape index (κ2) is 3.68. The molecule has 0 radical (unpaired) electrons. The van der Waals surface area contributed by atoms with Gasteiger partial charge in [-0.3, -0.25) is 4.79 Å². The van der Waals surface area contributed by atoms with Crippen molar-refractivity contribution in [1.29, 1.82) is 0 Å². The number of ketones is 1. The van der Waals surface area contributed by atoms with E-state index in [2.05, 4.69) is 0 Å². The molecule has 3 nitrogen and oxygen atoms in total. The van der Waals surface area contributed by atoms with Gasteiger partial charge in [-0.15, -0.1) is 0 Å². The number of aliphatic hydroxyl groups is 2. The third-order valence-corrected chi connectivity index (χ3v) is 1.73. The lowest BCUT2D eigenvalue weighted by atomic mass is 10.0. The molecule has 0 aliphatic carbocycles. The lowest BCUT2D eigenvalue weighted by Gasteiger charge is -2.20. The Morgan fingerprint density at radius 1 is 1.31 bits per heavy atom. The van der Waals surface area contributed by atoms with Crippen molar-refractivity contribution in [3.63, 3.8) is 0 Å². The quantitative estimate of drug-likeness (QED) is 0.676. The van der Waals surface area contributed by atoms with Crippen LogP contribution in [0, 0.1) is 0 Å². The highest BCUT2D eigenvalue weighted by atomic mass is 16.5. The number of benzene rings is 1. The normalized spacial score (nSPS) is 11.3. The molecule has 0 saturated carbocycles. The van der Waals surface area contributed by atoms with E-state index in [0.29, 0.717) is 5.56 Å². The average Bonchev–Trinajstić information content (AvgIpc) is 2.04. The van der Waals surface area contributed by atoms with Crippen molar-refractivity contribution in [3.05, 3.63) is 35.9 Å². The van der Waals surface area contributed by atoms with E-state index in [1.165, 1.54) is 6.92 Å². The standard InChI is InChI=1S/C10H12O3/c1-8(11)7-10(12,13)9-5-3-2-4-6-9/h2-6,12-13H,7H2,1H3. The monoisotopic (exact) mass is 180 g/mol. The first-order valence-corrected chi connectivity index (χ1v) is 4.02. The maximum atomic E-state index is 10.7. The van der Waals surface area contributed by atoms with Crippen LogP contribution in [-0.4, -0.2) is 16.0 Å². The van der Waals surface area contributed by atoms with Gasteiger partial charge in [-0.25, -0.2) is 0 Å². The molecule has 3 heteroatoms. The fourth-order valence-electron chi connectivity index (χ4n) is 1.15. The van der Waals surface area contributed by atoms with Crippen LogP contribution in [0.1, 0.15) is 18.9 Å². The number of hydrogen-bond donors (Lipinski definition) is 2. The van der Waals surface area contributed by atoms with E-state index in [1.54, 1.807) is 30.3 Å². The van der Waals surface area contributed by atoms with Crippen LogP contribution >= 0.6 is 0 Å². The minimum absolute atomic E-state index is 0.256. The van der Waals surface area contributed by atoms with E-state index in [9.17, 15) is 15.0 Å². The van der Waals surface area contributed by atoms with Crippen LogP contribution in [0.3, 0.4) is 0 Å². The first kappa shape index (κ1) is 9.89. The zero-order valence-corrected chi connectivity index (χ0v) is 7.40. The molecule has 1 aromatic carbocycles. The molecule has 0 atom stereocenters. The largest absolute Gasteiger partial charge is 0.362 e. The summed E-state index contributed by atoms with van der Waals surface area (Å²) < 4.78 is 0. The summed E-state index contributed by atoms with van der Waals surface area (Å²) in [5.41, 5.74) is 0.338. The zero-order chi connectivity index (χ0) is 9.90. The van der Waals surface area contributed by atoms with Crippen LogP contribution in [0.25, 0.3) is 0 Å². The first-order valence-electron chi connectivity index (χ1n) is 4.02. The maximum Gasteiger partial charge on any atom is 0.196 e. The molecule has 0 heterocycles. The Hall–Kier alpha value is -1.19. The van der Waals surface area contributed by atoms with Crippen LogP contribution < -0.4 is 0 Å². The van der Waals surface area contributed by atoms with Gasteiger partial charge in [-0.1, -0.05) is 30.3 Å². The topological polar surface area (TPSA) is 57.5 Å². The van der Waals surface area contributed by atoms with Crippen molar-refractivity contribution in [2.24, 2.45) is 0 Å². The first-order chi connectivity index (χ1) is 6.02. The molecule has 0 fully saturated rings. The van der Waals surface area contributed by atoms with E-state index < -0.39 is 5.79 Å². The summed E-state index contributed by atoms with van der Waals surface area (Å²) in [6.07, 6.45) is -0.281. The molecule has 0 spiro atoms. The Kier molecular flexibility index (Phi) is 2.80. The number of hydrogen-bond acceptors (Lipinski definition) is 3. The van der Waals surface area contributed by atoms with Crippen LogP contribution in [0.2, 0.25) is 0 Å². The van der Waals surface area contributed by atoms with Gasteiger partial charge in [0.1, 0.15) is 5.78 Å². The number of rotatable bonds is 3. The second-order valence-corrected chi connectivity index (χ2v) is 3.06. The van der Waals surface area contributed by atoms with Gasteiger partial charge in [0.2, 0.25) is 0 Å². The molecular formula is C10H12O3. The SMILES string of the molecule is CC(=O)CC(O)(O)c1ccccc1. The summed E-state index contributed by atoms with van der Waals surface area (Å²) in [7, 11) is 0. The third-order valence-electron chi connectivity index (χ3n) is 1.73. The van der Waals surface area contributed by atoms with E-state index in [1.807, 2.05) is 0 Å². The van der Waals surface area contributed by atoms with Gasteiger partial charge >= 0.3 is 0 Å². The summed E-state index contributed by atoms with van der Waals surface area (Å²) in [5.74, 6) is -2.29. The predicted molar refractivity (Wildman–Crippen MR) is 47.9 cm³/mol. The highest BCUT2D eigenvalue weighted by Gasteiger charge is 2.26. The van der Waals surface area contributed by atoms with Gasteiger partial charge in [0.15, 0.2) is 5.79 Å². The highest BCUT2D eigenvalue weighted by molar-refractivity contribution is 5.76. The van der Waals surface area contributed by atoms with Crippen molar-refractivity contribution < 1.29 is 15.0 Å². The molecule has 1 aromatic rings. The fourth-order valence-corrected chi connectivity index (χ4v) is 1.15. The van der Waals surface area contributed by atoms with Crippen molar-refractivity contribution in [3.8, 4) is 0 Å². The van der Waals surface area contributed by atoms with E-state index in [4.69, 9.17) is 0 Å². The number of carbonyl (C=O) groups excluding carboxylic acids is 1. The Morgan fingerprint density at radius 3 is 2.31 bits per heavy atom. The van der Waals surface area contributed by atoms with Crippen molar-refractivity contribution in [2.75, 3.05) is 0 Å². The molecule has 0 bridgehead atoms. The van der Waals surface area contributed by atoms with Crippen molar-refractivity contribution in [1.82, 2.24) is 0 Å². The van der Waals surface area contributed by atoms with Crippen LogP contribution in [0.15, 0.2) is 30.3 Å². The third kappa shape index (κ3) is 2.65. The molecular weight excluding hydrogens is 168 g/mol.